The van der Waals surface area contributed by atoms with E-state index in [0.29, 0.717) is 17.8 Å². The first-order valence-corrected chi connectivity index (χ1v) is 10.00. The summed E-state index contributed by atoms with van der Waals surface area (Å²) in [6, 6.07) is 10.9. The minimum atomic E-state index is -0.998. The van der Waals surface area contributed by atoms with Crippen molar-refractivity contribution in [3.05, 3.63) is 71.8 Å². The van der Waals surface area contributed by atoms with E-state index in [2.05, 4.69) is 10.3 Å². The number of amidine groups is 1. The summed E-state index contributed by atoms with van der Waals surface area (Å²) < 4.78 is 18.8. The number of pyridine rings is 1. The average molecular weight is 429 g/mol. The van der Waals surface area contributed by atoms with E-state index in [4.69, 9.17) is 10.1 Å². The SMILES string of the molecule is CCC(O)/C(=C/Nc1ccccn1)C(=N)N(Cc1ccc(F)cc1)C(=O)OC(C)(C)C. The second-order valence-electron chi connectivity index (χ2n) is 7.92. The van der Waals surface area contributed by atoms with Crippen molar-refractivity contribution in [3.8, 4) is 0 Å². The predicted molar refractivity (Wildman–Crippen MR) is 118 cm³/mol. The van der Waals surface area contributed by atoms with Gasteiger partial charge in [-0.3, -0.25) is 10.3 Å². The highest BCUT2D eigenvalue weighted by Crippen LogP contribution is 2.19. The predicted octanol–water partition coefficient (Wildman–Crippen LogP) is 4.70. The molecule has 0 aliphatic carbocycles. The van der Waals surface area contributed by atoms with Gasteiger partial charge in [0.15, 0.2) is 0 Å². The second kappa shape index (κ2) is 10.7. The molecular formula is C23H29FN4O3. The lowest BCUT2D eigenvalue weighted by Crippen LogP contribution is -2.42. The number of aliphatic hydroxyl groups excluding tert-OH is 1. The number of nitrogens with zero attached hydrogens (tertiary/aromatic N) is 2. The van der Waals surface area contributed by atoms with Gasteiger partial charge in [0.1, 0.15) is 23.1 Å². The van der Waals surface area contributed by atoms with Crippen molar-refractivity contribution >= 4 is 17.7 Å². The number of carbonyl (C=O) groups is 1. The fraction of sp³-hybridized carbons (Fsp3) is 0.348. The van der Waals surface area contributed by atoms with E-state index in [1.807, 2.05) is 0 Å². The summed E-state index contributed by atoms with van der Waals surface area (Å²) in [5.74, 6) is -0.0981. The Hall–Kier alpha value is -3.26. The van der Waals surface area contributed by atoms with Crippen LogP contribution in [0, 0.1) is 11.2 Å². The smallest absolute Gasteiger partial charge is 0.416 e. The van der Waals surface area contributed by atoms with Gasteiger partial charge in [-0.05, 0) is 57.0 Å². The van der Waals surface area contributed by atoms with E-state index in [0.717, 1.165) is 4.90 Å². The maximum Gasteiger partial charge on any atom is 0.416 e. The Labute approximate surface area is 182 Å². The van der Waals surface area contributed by atoms with Gasteiger partial charge in [-0.1, -0.05) is 25.1 Å². The molecule has 166 valence electrons. The van der Waals surface area contributed by atoms with Crippen LogP contribution in [0.1, 0.15) is 39.7 Å². The van der Waals surface area contributed by atoms with Crippen molar-refractivity contribution in [1.82, 2.24) is 9.88 Å². The lowest BCUT2D eigenvalue weighted by atomic mass is 10.1. The van der Waals surface area contributed by atoms with Crippen LogP contribution in [0.15, 0.2) is 60.4 Å². The molecule has 3 N–H and O–H groups in total. The van der Waals surface area contributed by atoms with Crippen molar-refractivity contribution in [2.45, 2.75) is 52.4 Å². The zero-order chi connectivity index (χ0) is 23.0. The number of carbonyl (C=O) groups excluding carboxylic acids is 1. The first-order valence-electron chi connectivity index (χ1n) is 10.00. The largest absolute Gasteiger partial charge is 0.443 e. The Kier molecular flexibility index (Phi) is 8.27. The third kappa shape index (κ3) is 7.49. The number of aliphatic hydroxyl groups is 1. The number of aromatic nitrogens is 1. The number of benzene rings is 1. The first kappa shape index (κ1) is 24.0. The Balaban J connectivity index is 2.37. The van der Waals surface area contributed by atoms with Gasteiger partial charge in [0.05, 0.1) is 12.6 Å². The first-order chi connectivity index (χ1) is 14.6. The van der Waals surface area contributed by atoms with Gasteiger partial charge < -0.3 is 15.2 Å². The number of halogens is 1. The Bertz CT molecular complexity index is 909. The maximum absolute atomic E-state index is 13.3. The molecule has 2 aromatic rings. The van der Waals surface area contributed by atoms with Crippen molar-refractivity contribution in [3.63, 3.8) is 0 Å². The molecule has 1 heterocycles. The van der Waals surface area contributed by atoms with Gasteiger partial charge in [0, 0.05) is 18.0 Å². The van der Waals surface area contributed by atoms with E-state index >= 15 is 0 Å². The molecule has 0 radical (unpaired) electrons. The fourth-order valence-corrected chi connectivity index (χ4v) is 2.62. The molecule has 0 bridgehead atoms. The van der Waals surface area contributed by atoms with Crippen LogP contribution in [0.4, 0.5) is 15.0 Å². The lowest BCUT2D eigenvalue weighted by molar-refractivity contribution is 0.0356. The molecule has 1 aromatic carbocycles. The van der Waals surface area contributed by atoms with E-state index in [-0.39, 0.29) is 18.0 Å². The van der Waals surface area contributed by atoms with Crippen LogP contribution < -0.4 is 5.32 Å². The molecule has 8 heteroatoms. The Morgan fingerprint density at radius 2 is 1.97 bits per heavy atom. The molecule has 0 aliphatic rings. The van der Waals surface area contributed by atoms with Gasteiger partial charge in [-0.15, -0.1) is 0 Å². The molecule has 0 saturated carbocycles. The average Bonchev–Trinajstić information content (AvgIpc) is 2.72. The molecule has 1 unspecified atom stereocenters. The topological polar surface area (TPSA) is 98.5 Å². The van der Waals surface area contributed by atoms with Crippen LogP contribution in [0.3, 0.4) is 0 Å². The molecule has 1 amide bonds. The van der Waals surface area contributed by atoms with Crippen LogP contribution in [-0.2, 0) is 11.3 Å². The van der Waals surface area contributed by atoms with E-state index in [9.17, 15) is 14.3 Å². The minimum absolute atomic E-state index is 0.0224. The second-order valence-corrected chi connectivity index (χ2v) is 7.92. The summed E-state index contributed by atoms with van der Waals surface area (Å²) in [7, 11) is 0. The summed E-state index contributed by atoms with van der Waals surface area (Å²) in [6.07, 6.45) is 1.66. The van der Waals surface area contributed by atoms with Crippen LogP contribution in [-0.4, -0.2) is 38.6 Å². The number of rotatable bonds is 7. The van der Waals surface area contributed by atoms with Crippen molar-refractivity contribution in [2.75, 3.05) is 5.32 Å². The van der Waals surface area contributed by atoms with E-state index < -0.39 is 23.6 Å². The Morgan fingerprint density at radius 3 is 2.52 bits per heavy atom. The molecule has 2 rings (SSSR count). The van der Waals surface area contributed by atoms with Crippen LogP contribution in [0.5, 0.6) is 0 Å². The zero-order valence-electron chi connectivity index (χ0n) is 18.2. The highest BCUT2D eigenvalue weighted by molar-refractivity contribution is 6.05. The summed E-state index contributed by atoms with van der Waals surface area (Å²) in [6.45, 7) is 6.93. The number of hydrogen-bond acceptors (Lipinski definition) is 6. The van der Waals surface area contributed by atoms with Crippen LogP contribution in [0.2, 0.25) is 0 Å². The summed E-state index contributed by atoms with van der Waals surface area (Å²) in [5, 5.41) is 22.2. The molecular weight excluding hydrogens is 399 g/mol. The van der Waals surface area contributed by atoms with Gasteiger partial charge in [-0.2, -0.15) is 0 Å². The van der Waals surface area contributed by atoms with Crippen LogP contribution >= 0.6 is 0 Å². The molecule has 0 spiro atoms. The van der Waals surface area contributed by atoms with Gasteiger partial charge >= 0.3 is 6.09 Å². The maximum atomic E-state index is 13.3. The normalized spacial score (nSPS) is 12.8. The molecule has 31 heavy (non-hydrogen) atoms. The van der Waals surface area contributed by atoms with Crippen LogP contribution in [0.25, 0.3) is 0 Å². The van der Waals surface area contributed by atoms with Crippen molar-refractivity contribution < 1.29 is 19.0 Å². The third-order valence-corrected chi connectivity index (χ3v) is 4.20. The summed E-state index contributed by atoms with van der Waals surface area (Å²) in [5.41, 5.74) is 0.0267. The third-order valence-electron chi connectivity index (χ3n) is 4.20. The quantitative estimate of drug-likeness (QED) is 0.438. The lowest BCUT2D eigenvalue weighted by Gasteiger charge is -2.29. The molecule has 0 fully saturated rings. The standard InChI is InChI=1S/C23H29FN4O3/c1-5-19(29)18(14-27-20-8-6-7-13-26-20)21(25)28(22(30)31-23(2,3)4)15-16-9-11-17(24)12-10-16/h6-14,19,25,29H,5,15H2,1-4H3,(H,26,27)/b18-14-,25-21?. The molecule has 1 aromatic heterocycles. The Morgan fingerprint density at radius 1 is 1.29 bits per heavy atom. The highest BCUT2D eigenvalue weighted by atomic mass is 19.1. The summed E-state index contributed by atoms with van der Waals surface area (Å²) in [4.78, 5) is 18.2. The fourth-order valence-electron chi connectivity index (χ4n) is 2.62. The van der Waals surface area contributed by atoms with Gasteiger partial charge in [0.25, 0.3) is 0 Å². The number of amides is 1. The monoisotopic (exact) mass is 428 g/mol. The number of ether oxygens (including phenoxy) is 1. The van der Waals surface area contributed by atoms with E-state index in [1.54, 1.807) is 52.1 Å². The number of nitrogens with one attached hydrogen (secondary N) is 2. The van der Waals surface area contributed by atoms with Crippen molar-refractivity contribution in [2.24, 2.45) is 0 Å². The highest BCUT2D eigenvalue weighted by Gasteiger charge is 2.29. The molecule has 1 atom stereocenters. The number of hydrogen-bond donors (Lipinski definition) is 3. The summed E-state index contributed by atoms with van der Waals surface area (Å²) >= 11 is 0. The minimum Gasteiger partial charge on any atom is -0.443 e. The molecule has 0 aliphatic heterocycles. The van der Waals surface area contributed by atoms with Gasteiger partial charge in [-0.25, -0.2) is 14.2 Å². The van der Waals surface area contributed by atoms with Crippen molar-refractivity contribution in [1.29, 1.82) is 5.41 Å². The zero-order valence-corrected chi connectivity index (χ0v) is 18.2. The number of anilines is 1. The van der Waals surface area contributed by atoms with E-state index in [1.165, 1.54) is 30.5 Å². The molecule has 0 saturated heterocycles. The van der Waals surface area contributed by atoms with Gasteiger partial charge in [0.2, 0.25) is 0 Å². The molecule has 7 nitrogen and oxygen atoms in total.